The molecule has 0 aliphatic heterocycles. The van der Waals surface area contributed by atoms with E-state index in [9.17, 15) is 5.11 Å². The topological polar surface area (TPSA) is 85.2 Å². The number of pyridine rings is 1. The zero-order valence-electron chi connectivity index (χ0n) is 7.77. The van der Waals surface area contributed by atoms with Crippen molar-refractivity contribution in [2.24, 2.45) is 5.73 Å². The molecule has 0 aliphatic carbocycles. The van der Waals surface area contributed by atoms with Crippen molar-refractivity contribution in [3.05, 3.63) is 23.8 Å². The minimum absolute atomic E-state index is 0.0965. The maximum absolute atomic E-state index is 9.40. The summed E-state index contributed by atoms with van der Waals surface area (Å²) in [7, 11) is 0. The van der Waals surface area contributed by atoms with Crippen molar-refractivity contribution in [1.82, 2.24) is 9.97 Å². The second kappa shape index (κ2) is 3.36. The lowest BCUT2D eigenvalue weighted by Gasteiger charge is -1.99. The van der Waals surface area contributed by atoms with Crippen LogP contribution in [0.2, 0.25) is 0 Å². The van der Waals surface area contributed by atoms with E-state index in [0.29, 0.717) is 11.1 Å². The molecule has 0 amide bonds. The standard InChI is InChI=1S/C9H11N3O2/c1-5-2-6-8(4-11-5)14-9(12-6)7(13)3-10/h2,4,7,13H,3,10H2,1H3. The van der Waals surface area contributed by atoms with Crippen LogP contribution in [0.5, 0.6) is 0 Å². The molecule has 2 aromatic rings. The van der Waals surface area contributed by atoms with Gasteiger partial charge in [-0.05, 0) is 13.0 Å². The van der Waals surface area contributed by atoms with Crippen LogP contribution in [-0.2, 0) is 0 Å². The van der Waals surface area contributed by atoms with Gasteiger partial charge in [0.25, 0.3) is 0 Å². The normalized spacial score (nSPS) is 13.4. The van der Waals surface area contributed by atoms with Crippen molar-refractivity contribution >= 4 is 11.1 Å². The van der Waals surface area contributed by atoms with Crippen LogP contribution in [0.25, 0.3) is 11.1 Å². The molecule has 2 aromatic heterocycles. The first kappa shape index (κ1) is 9.11. The van der Waals surface area contributed by atoms with Crippen LogP contribution in [-0.4, -0.2) is 21.6 Å². The van der Waals surface area contributed by atoms with E-state index in [4.69, 9.17) is 10.2 Å². The summed E-state index contributed by atoms with van der Waals surface area (Å²) in [4.78, 5) is 8.17. The molecule has 5 heteroatoms. The summed E-state index contributed by atoms with van der Waals surface area (Å²) >= 11 is 0. The second-order valence-electron chi connectivity index (χ2n) is 3.10. The van der Waals surface area contributed by atoms with Gasteiger partial charge in [0, 0.05) is 12.2 Å². The van der Waals surface area contributed by atoms with E-state index in [1.165, 1.54) is 0 Å². The minimum atomic E-state index is -0.845. The first-order valence-electron chi connectivity index (χ1n) is 4.32. The van der Waals surface area contributed by atoms with Crippen molar-refractivity contribution in [1.29, 1.82) is 0 Å². The van der Waals surface area contributed by atoms with E-state index >= 15 is 0 Å². The number of hydrogen-bond acceptors (Lipinski definition) is 5. The van der Waals surface area contributed by atoms with Crippen molar-refractivity contribution < 1.29 is 9.52 Å². The molecule has 0 fully saturated rings. The van der Waals surface area contributed by atoms with Gasteiger partial charge < -0.3 is 15.3 Å². The van der Waals surface area contributed by atoms with E-state index in [1.807, 2.05) is 6.92 Å². The van der Waals surface area contributed by atoms with Crippen LogP contribution in [0, 0.1) is 6.92 Å². The number of aliphatic hydroxyl groups is 1. The first-order valence-corrected chi connectivity index (χ1v) is 4.32. The Morgan fingerprint density at radius 2 is 2.43 bits per heavy atom. The average Bonchev–Trinajstić information content (AvgIpc) is 2.59. The number of rotatable bonds is 2. The Labute approximate surface area is 80.6 Å². The molecule has 14 heavy (non-hydrogen) atoms. The van der Waals surface area contributed by atoms with Crippen molar-refractivity contribution in [3.8, 4) is 0 Å². The molecule has 3 N–H and O–H groups in total. The molecule has 0 radical (unpaired) electrons. The lowest BCUT2D eigenvalue weighted by molar-refractivity contribution is 0.154. The Bertz CT molecular complexity index is 452. The third kappa shape index (κ3) is 1.47. The Kier molecular flexibility index (Phi) is 2.18. The molecular weight excluding hydrogens is 182 g/mol. The van der Waals surface area contributed by atoms with Gasteiger partial charge in [-0.25, -0.2) is 4.98 Å². The summed E-state index contributed by atoms with van der Waals surface area (Å²) in [5.74, 6) is 0.245. The highest BCUT2D eigenvalue weighted by Gasteiger charge is 2.13. The molecule has 0 spiro atoms. The molecule has 1 atom stereocenters. The molecular formula is C9H11N3O2. The van der Waals surface area contributed by atoms with Crippen molar-refractivity contribution in [2.75, 3.05) is 6.54 Å². The predicted octanol–water partition coefficient (Wildman–Crippen LogP) is 0.523. The van der Waals surface area contributed by atoms with Gasteiger partial charge in [-0.2, -0.15) is 0 Å². The van der Waals surface area contributed by atoms with E-state index in [1.54, 1.807) is 12.3 Å². The van der Waals surface area contributed by atoms with Crippen molar-refractivity contribution in [3.63, 3.8) is 0 Å². The quantitative estimate of drug-likeness (QED) is 0.726. The Morgan fingerprint density at radius 3 is 3.14 bits per heavy atom. The maximum atomic E-state index is 9.40. The SMILES string of the molecule is Cc1cc2nc(C(O)CN)oc2cn1. The predicted molar refractivity (Wildman–Crippen MR) is 50.6 cm³/mol. The van der Waals surface area contributed by atoms with Crippen LogP contribution >= 0.6 is 0 Å². The highest BCUT2D eigenvalue weighted by Crippen LogP contribution is 2.19. The Balaban J connectivity index is 2.51. The first-order chi connectivity index (χ1) is 6.70. The molecule has 0 saturated heterocycles. The number of aromatic nitrogens is 2. The monoisotopic (exact) mass is 193 g/mol. The van der Waals surface area contributed by atoms with Gasteiger partial charge in [-0.1, -0.05) is 0 Å². The number of aryl methyl sites for hydroxylation is 1. The average molecular weight is 193 g/mol. The number of oxazole rings is 1. The number of nitrogens with zero attached hydrogens (tertiary/aromatic N) is 2. The van der Waals surface area contributed by atoms with E-state index in [0.717, 1.165) is 5.69 Å². The lowest BCUT2D eigenvalue weighted by atomic mass is 10.3. The third-order valence-electron chi connectivity index (χ3n) is 1.94. The molecule has 2 heterocycles. The number of aliphatic hydroxyl groups excluding tert-OH is 1. The smallest absolute Gasteiger partial charge is 0.225 e. The van der Waals surface area contributed by atoms with E-state index in [-0.39, 0.29) is 12.4 Å². The minimum Gasteiger partial charge on any atom is -0.436 e. The highest BCUT2D eigenvalue weighted by atomic mass is 16.4. The van der Waals surface area contributed by atoms with Gasteiger partial charge in [0.1, 0.15) is 11.6 Å². The second-order valence-corrected chi connectivity index (χ2v) is 3.10. The lowest BCUT2D eigenvalue weighted by Crippen LogP contribution is -2.11. The number of nitrogens with two attached hydrogens (primary N) is 1. The van der Waals surface area contributed by atoms with Crippen molar-refractivity contribution in [2.45, 2.75) is 13.0 Å². The van der Waals surface area contributed by atoms with Crippen LogP contribution in [0.4, 0.5) is 0 Å². The van der Waals surface area contributed by atoms with E-state index in [2.05, 4.69) is 9.97 Å². The van der Waals surface area contributed by atoms with Gasteiger partial charge in [-0.15, -0.1) is 0 Å². The fraction of sp³-hybridized carbons (Fsp3) is 0.333. The van der Waals surface area contributed by atoms with Crippen LogP contribution in [0.1, 0.15) is 17.7 Å². The van der Waals surface area contributed by atoms with Gasteiger partial charge >= 0.3 is 0 Å². The van der Waals surface area contributed by atoms with E-state index < -0.39 is 6.10 Å². The zero-order chi connectivity index (χ0) is 10.1. The molecule has 74 valence electrons. The van der Waals surface area contributed by atoms with Crippen LogP contribution in [0.3, 0.4) is 0 Å². The number of fused-ring (bicyclic) bond motifs is 1. The molecule has 0 aliphatic rings. The molecule has 0 bridgehead atoms. The summed E-state index contributed by atoms with van der Waals surface area (Å²) in [6.45, 7) is 1.96. The summed E-state index contributed by atoms with van der Waals surface area (Å²) in [5, 5.41) is 9.40. The van der Waals surface area contributed by atoms with Gasteiger partial charge in [0.2, 0.25) is 5.89 Å². The molecule has 0 aromatic carbocycles. The molecule has 5 nitrogen and oxygen atoms in total. The third-order valence-corrected chi connectivity index (χ3v) is 1.94. The Morgan fingerprint density at radius 1 is 1.64 bits per heavy atom. The molecule has 0 saturated carbocycles. The maximum Gasteiger partial charge on any atom is 0.225 e. The van der Waals surface area contributed by atoms with Gasteiger partial charge in [-0.3, -0.25) is 4.98 Å². The molecule has 2 rings (SSSR count). The highest BCUT2D eigenvalue weighted by molar-refractivity contribution is 5.71. The van der Waals surface area contributed by atoms with Crippen LogP contribution in [0.15, 0.2) is 16.7 Å². The summed E-state index contributed by atoms with van der Waals surface area (Å²) in [6, 6.07) is 1.80. The fourth-order valence-corrected chi connectivity index (χ4v) is 1.20. The van der Waals surface area contributed by atoms with Gasteiger partial charge in [0.15, 0.2) is 5.58 Å². The Hall–Kier alpha value is -1.46. The summed E-state index contributed by atoms with van der Waals surface area (Å²) in [5.41, 5.74) is 7.41. The summed E-state index contributed by atoms with van der Waals surface area (Å²) in [6.07, 6.45) is 0.743. The van der Waals surface area contributed by atoms with Crippen LogP contribution < -0.4 is 5.73 Å². The molecule has 1 unspecified atom stereocenters. The fourth-order valence-electron chi connectivity index (χ4n) is 1.20. The largest absolute Gasteiger partial charge is 0.436 e. The summed E-state index contributed by atoms with van der Waals surface area (Å²) < 4.78 is 5.27. The number of hydrogen-bond donors (Lipinski definition) is 2. The zero-order valence-corrected chi connectivity index (χ0v) is 7.77. The van der Waals surface area contributed by atoms with Gasteiger partial charge in [0.05, 0.1) is 6.20 Å².